The van der Waals surface area contributed by atoms with Gasteiger partial charge in [-0.15, -0.1) is 0 Å². The highest BCUT2D eigenvalue weighted by molar-refractivity contribution is 7.57. The Morgan fingerprint density at radius 2 is 1.50 bits per heavy atom. The number of ketones is 1. The van der Waals surface area contributed by atoms with Crippen molar-refractivity contribution < 1.29 is 28.0 Å². The molecule has 0 aliphatic carbocycles. The van der Waals surface area contributed by atoms with E-state index in [1.165, 1.54) is 18.2 Å². The normalized spacial score (nSPS) is 18.3. The minimum absolute atomic E-state index is 0.0152. The van der Waals surface area contributed by atoms with Crippen molar-refractivity contribution in [1.29, 1.82) is 0 Å². The monoisotopic (exact) mass is 427 g/mol. The molecule has 156 valence electrons. The van der Waals surface area contributed by atoms with Crippen LogP contribution in [-0.4, -0.2) is 41.4 Å². The van der Waals surface area contributed by atoms with Gasteiger partial charge in [0, 0.05) is 5.56 Å². The molecular formula is C22H22NO6P. The molecule has 1 aliphatic heterocycles. The molecule has 1 aliphatic rings. The third-order valence-electron chi connectivity index (χ3n) is 4.46. The van der Waals surface area contributed by atoms with Gasteiger partial charge in [-0.2, -0.15) is 0 Å². The fraction of sp³-hybridized carbons (Fsp3) is 0.227. The van der Waals surface area contributed by atoms with Gasteiger partial charge in [0.15, 0.2) is 0 Å². The third-order valence-corrected chi connectivity index (χ3v) is 6.78. The van der Waals surface area contributed by atoms with E-state index in [1.54, 1.807) is 62.4 Å². The van der Waals surface area contributed by atoms with Gasteiger partial charge in [0.1, 0.15) is 0 Å². The molecule has 3 rings (SSSR count). The van der Waals surface area contributed by atoms with Crippen molar-refractivity contribution in [3.05, 3.63) is 77.5 Å². The minimum atomic E-state index is -4.12. The number of carbonyl (C=O) groups excluding carboxylic acids is 3. The molecule has 0 spiro atoms. The van der Waals surface area contributed by atoms with Crippen molar-refractivity contribution in [3.8, 4) is 0 Å². The first kappa shape index (κ1) is 21.8. The van der Waals surface area contributed by atoms with Crippen molar-refractivity contribution in [2.24, 2.45) is 0 Å². The molecule has 1 saturated heterocycles. The zero-order chi connectivity index (χ0) is 21.7. The molecule has 2 amide bonds. The Morgan fingerprint density at radius 3 is 2.03 bits per heavy atom. The number of Topliss-reactive ketones (excluding diaryl/α,β-unsaturated/α-hetero) is 1. The van der Waals surface area contributed by atoms with Crippen LogP contribution in [0.1, 0.15) is 29.8 Å². The second kappa shape index (κ2) is 9.30. The second-order valence-corrected chi connectivity index (χ2v) is 8.54. The number of nitrogens with zero attached hydrogens (tertiary/aromatic N) is 1. The highest BCUT2D eigenvalue weighted by Crippen LogP contribution is 2.56. The van der Waals surface area contributed by atoms with Gasteiger partial charge in [-0.3, -0.25) is 18.9 Å². The van der Waals surface area contributed by atoms with Gasteiger partial charge in [-0.05, 0) is 37.6 Å². The average Bonchev–Trinajstić information content (AvgIpc) is 2.99. The zero-order valence-electron chi connectivity index (χ0n) is 16.7. The van der Waals surface area contributed by atoms with Crippen LogP contribution in [-0.2, 0) is 23.2 Å². The minimum Gasteiger partial charge on any atom is -0.308 e. The highest BCUT2D eigenvalue weighted by Gasteiger charge is 2.57. The summed E-state index contributed by atoms with van der Waals surface area (Å²) in [6.45, 7) is 3.14. The van der Waals surface area contributed by atoms with Gasteiger partial charge in [0.25, 0.3) is 11.8 Å². The molecule has 0 bridgehead atoms. The fourth-order valence-electron chi connectivity index (χ4n) is 3.19. The van der Waals surface area contributed by atoms with Gasteiger partial charge in [-0.25, -0.2) is 4.90 Å². The van der Waals surface area contributed by atoms with Gasteiger partial charge in [-0.1, -0.05) is 48.5 Å². The molecular weight excluding hydrogens is 405 g/mol. The van der Waals surface area contributed by atoms with Crippen LogP contribution in [0.15, 0.2) is 66.4 Å². The molecule has 1 atom stereocenters. The maximum Gasteiger partial charge on any atom is 0.351 e. The summed E-state index contributed by atoms with van der Waals surface area (Å²) in [6, 6.07) is 16.9. The number of carbonyl (C=O) groups is 3. The third kappa shape index (κ3) is 4.19. The Labute approximate surface area is 174 Å². The van der Waals surface area contributed by atoms with Crippen molar-refractivity contribution in [3.63, 3.8) is 0 Å². The van der Waals surface area contributed by atoms with Crippen LogP contribution in [0.5, 0.6) is 0 Å². The summed E-state index contributed by atoms with van der Waals surface area (Å²) in [5, 5.41) is 0. The van der Waals surface area contributed by atoms with Crippen LogP contribution in [0.4, 0.5) is 0 Å². The SMILES string of the molecule is CCOP(=O)(OCC)C1C(=O)/C(=C/c2ccccc2)N(C(=O)c2ccccc2)C1=O. The molecule has 8 heteroatoms. The standard InChI is InChI=1S/C22H22NO6P/c1-3-28-30(27,29-4-2)20-19(24)18(15-16-11-7-5-8-12-16)23(22(20)26)21(25)17-13-9-6-10-14-17/h5-15,20H,3-4H2,1-2H3/b18-15-. The van der Waals surface area contributed by atoms with E-state index in [4.69, 9.17) is 9.05 Å². The first-order chi connectivity index (χ1) is 14.4. The molecule has 0 aromatic heterocycles. The molecule has 1 unspecified atom stereocenters. The lowest BCUT2D eigenvalue weighted by atomic mass is 10.1. The summed E-state index contributed by atoms with van der Waals surface area (Å²) >= 11 is 0. The molecule has 1 fully saturated rings. The Bertz CT molecular complexity index is 1010. The predicted octanol–water partition coefficient (Wildman–Crippen LogP) is 3.91. The van der Waals surface area contributed by atoms with Crippen LogP contribution in [0.25, 0.3) is 6.08 Å². The first-order valence-electron chi connectivity index (χ1n) is 9.56. The quantitative estimate of drug-likeness (QED) is 0.288. The predicted molar refractivity (Wildman–Crippen MR) is 112 cm³/mol. The highest BCUT2D eigenvalue weighted by atomic mass is 31.2. The van der Waals surface area contributed by atoms with E-state index in [2.05, 4.69) is 0 Å². The number of allylic oxidation sites excluding steroid dienone is 1. The van der Waals surface area contributed by atoms with Crippen LogP contribution >= 0.6 is 7.60 Å². The van der Waals surface area contributed by atoms with Gasteiger partial charge in [0.05, 0.1) is 18.9 Å². The second-order valence-electron chi connectivity index (χ2n) is 6.43. The Morgan fingerprint density at radius 1 is 0.967 bits per heavy atom. The molecule has 2 aromatic rings. The largest absolute Gasteiger partial charge is 0.351 e. The summed E-state index contributed by atoms with van der Waals surface area (Å²) in [7, 11) is -4.12. The summed E-state index contributed by atoms with van der Waals surface area (Å²) < 4.78 is 23.8. The van der Waals surface area contributed by atoms with Crippen LogP contribution < -0.4 is 0 Å². The van der Waals surface area contributed by atoms with Gasteiger partial charge >= 0.3 is 7.60 Å². The lowest BCUT2D eigenvalue weighted by Gasteiger charge is -2.20. The maximum atomic E-state index is 13.3. The van der Waals surface area contributed by atoms with E-state index in [9.17, 15) is 18.9 Å². The Kier molecular flexibility index (Phi) is 6.77. The molecule has 1 heterocycles. The van der Waals surface area contributed by atoms with E-state index in [-0.39, 0.29) is 24.5 Å². The summed E-state index contributed by atoms with van der Waals surface area (Å²) in [4.78, 5) is 40.4. The summed E-state index contributed by atoms with van der Waals surface area (Å²) in [6.07, 6.45) is 1.43. The topological polar surface area (TPSA) is 90.0 Å². The van der Waals surface area contributed by atoms with Crippen molar-refractivity contribution in [1.82, 2.24) is 4.90 Å². The maximum absolute atomic E-state index is 13.3. The fourth-order valence-corrected chi connectivity index (χ4v) is 5.09. The molecule has 0 N–H and O–H groups in total. The number of hydrogen-bond donors (Lipinski definition) is 0. The Hall–Kier alpha value is -2.86. The molecule has 2 aromatic carbocycles. The van der Waals surface area contributed by atoms with E-state index in [0.29, 0.717) is 5.56 Å². The molecule has 7 nitrogen and oxygen atoms in total. The van der Waals surface area contributed by atoms with E-state index in [0.717, 1.165) is 4.90 Å². The molecule has 0 saturated carbocycles. The number of benzene rings is 2. The number of hydrogen-bond acceptors (Lipinski definition) is 6. The van der Waals surface area contributed by atoms with Gasteiger partial charge < -0.3 is 9.05 Å². The lowest BCUT2D eigenvalue weighted by molar-refractivity contribution is -0.125. The van der Waals surface area contributed by atoms with Gasteiger partial charge in [0.2, 0.25) is 11.4 Å². The van der Waals surface area contributed by atoms with E-state index < -0.39 is 30.9 Å². The van der Waals surface area contributed by atoms with Crippen molar-refractivity contribution >= 4 is 31.3 Å². The van der Waals surface area contributed by atoms with Crippen LogP contribution in [0.3, 0.4) is 0 Å². The molecule has 30 heavy (non-hydrogen) atoms. The number of imide groups is 1. The zero-order valence-corrected chi connectivity index (χ0v) is 17.6. The molecule has 0 radical (unpaired) electrons. The summed E-state index contributed by atoms with van der Waals surface area (Å²) in [5.74, 6) is -2.36. The van der Waals surface area contributed by atoms with Crippen LogP contribution in [0, 0.1) is 0 Å². The smallest absolute Gasteiger partial charge is 0.308 e. The van der Waals surface area contributed by atoms with Crippen molar-refractivity contribution in [2.45, 2.75) is 19.5 Å². The number of rotatable bonds is 7. The van der Waals surface area contributed by atoms with E-state index in [1.807, 2.05) is 0 Å². The first-order valence-corrected chi connectivity index (χ1v) is 11.2. The van der Waals surface area contributed by atoms with E-state index >= 15 is 0 Å². The van der Waals surface area contributed by atoms with Crippen LogP contribution in [0.2, 0.25) is 0 Å². The number of likely N-dealkylation sites (tertiary alicyclic amines) is 1. The Balaban J connectivity index is 2.13. The number of amides is 2. The van der Waals surface area contributed by atoms with Crippen molar-refractivity contribution in [2.75, 3.05) is 13.2 Å². The average molecular weight is 427 g/mol. The lowest BCUT2D eigenvalue weighted by Crippen LogP contribution is -2.35. The summed E-state index contributed by atoms with van der Waals surface area (Å²) in [5.41, 5.74) is -1.05.